The second kappa shape index (κ2) is 7.92. The molecule has 4 rings (SSSR count). The number of aromatic nitrogens is 2. The number of fused-ring (bicyclic) bond motifs is 1. The Morgan fingerprint density at radius 3 is 2.59 bits per heavy atom. The minimum absolute atomic E-state index is 0.0582. The summed E-state index contributed by atoms with van der Waals surface area (Å²) in [4.78, 5) is 21.4. The van der Waals surface area contributed by atoms with Crippen LogP contribution in [-0.2, 0) is 4.79 Å². The monoisotopic (exact) mass is 393 g/mol. The third-order valence-corrected chi connectivity index (χ3v) is 4.95. The number of rotatable bonds is 5. The van der Waals surface area contributed by atoms with E-state index in [1.54, 1.807) is 14.2 Å². The fourth-order valence-corrected chi connectivity index (χ4v) is 3.47. The third kappa shape index (κ3) is 3.93. The summed E-state index contributed by atoms with van der Waals surface area (Å²) in [5.41, 5.74) is 2.55. The summed E-state index contributed by atoms with van der Waals surface area (Å²) in [7, 11) is 3.24. The van der Waals surface area contributed by atoms with Gasteiger partial charge in [0.25, 0.3) is 0 Å². The molecule has 0 aliphatic carbocycles. The number of nitrogens with one attached hydrogen (secondary N) is 3. The van der Waals surface area contributed by atoms with Crippen molar-refractivity contribution >= 4 is 22.8 Å². The van der Waals surface area contributed by atoms with E-state index in [2.05, 4.69) is 25.9 Å². The summed E-state index contributed by atoms with van der Waals surface area (Å²) < 4.78 is 10.6. The number of aryl methyl sites for hydroxylation is 1. The van der Waals surface area contributed by atoms with Gasteiger partial charge in [-0.2, -0.15) is 0 Å². The van der Waals surface area contributed by atoms with Crippen molar-refractivity contribution in [2.75, 3.05) is 19.5 Å². The van der Waals surface area contributed by atoms with Gasteiger partial charge in [0.1, 0.15) is 17.0 Å². The van der Waals surface area contributed by atoms with Crippen LogP contribution in [0, 0.1) is 6.92 Å². The molecule has 2 atom stereocenters. The van der Waals surface area contributed by atoms with Gasteiger partial charge in [0.05, 0.1) is 19.9 Å². The molecule has 0 radical (unpaired) electrons. The van der Waals surface area contributed by atoms with Gasteiger partial charge in [-0.3, -0.25) is 10.1 Å². The van der Waals surface area contributed by atoms with Crippen molar-refractivity contribution < 1.29 is 14.3 Å². The highest BCUT2D eigenvalue weighted by molar-refractivity contribution is 5.87. The summed E-state index contributed by atoms with van der Waals surface area (Å²) >= 11 is 0. The van der Waals surface area contributed by atoms with Crippen LogP contribution in [0.25, 0.3) is 10.9 Å². The summed E-state index contributed by atoms with van der Waals surface area (Å²) in [6, 6.07) is 13.3. The lowest BCUT2D eigenvalue weighted by Crippen LogP contribution is -2.56. The van der Waals surface area contributed by atoms with Crippen LogP contribution >= 0.6 is 0 Å². The quantitative estimate of drug-likeness (QED) is 0.613. The Morgan fingerprint density at radius 2 is 1.86 bits per heavy atom. The molecule has 1 aliphatic heterocycles. The molecule has 1 fully saturated rings. The molecule has 0 spiro atoms. The van der Waals surface area contributed by atoms with Crippen molar-refractivity contribution in [1.29, 1.82) is 0 Å². The van der Waals surface area contributed by atoms with Gasteiger partial charge in [-0.1, -0.05) is 24.3 Å². The molecule has 2 heterocycles. The van der Waals surface area contributed by atoms with Gasteiger partial charge in [0, 0.05) is 17.8 Å². The van der Waals surface area contributed by atoms with E-state index in [9.17, 15) is 4.79 Å². The minimum atomic E-state index is -0.505. The standard InChI is InChI=1S/C21H23N5O3/c1-12-15-5-4-6-17(29-3)19(15)25-20(22-12)26-21-23-16(11-18(27)24-21)13-7-9-14(28-2)10-8-13/h4-10,16,21,23H,11H2,1-3H3,(H,24,27)(H,22,25,26). The number of para-hydroxylation sites is 1. The third-order valence-electron chi connectivity index (χ3n) is 4.95. The Kier molecular flexibility index (Phi) is 5.18. The maximum Gasteiger partial charge on any atom is 0.226 e. The van der Waals surface area contributed by atoms with Gasteiger partial charge in [0.2, 0.25) is 11.9 Å². The zero-order valence-corrected chi connectivity index (χ0v) is 16.5. The number of anilines is 1. The lowest BCUT2D eigenvalue weighted by molar-refractivity contribution is -0.124. The molecule has 150 valence electrons. The van der Waals surface area contributed by atoms with Gasteiger partial charge in [0.15, 0.2) is 6.29 Å². The molecule has 1 aliphatic rings. The van der Waals surface area contributed by atoms with Crippen LogP contribution in [0.15, 0.2) is 42.5 Å². The van der Waals surface area contributed by atoms with Crippen molar-refractivity contribution in [3.8, 4) is 11.5 Å². The molecule has 3 N–H and O–H groups in total. The summed E-state index contributed by atoms with van der Waals surface area (Å²) in [5, 5.41) is 10.4. The number of methoxy groups -OCH3 is 2. The number of amides is 1. The topological polar surface area (TPSA) is 97.4 Å². The Balaban J connectivity index is 1.57. The molecule has 1 amide bonds. The second-order valence-electron chi connectivity index (χ2n) is 6.83. The highest BCUT2D eigenvalue weighted by Gasteiger charge is 2.27. The van der Waals surface area contributed by atoms with E-state index in [0.717, 1.165) is 27.9 Å². The fourth-order valence-electron chi connectivity index (χ4n) is 3.47. The predicted molar refractivity (Wildman–Crippen MR) is 110 cm³/mol. The van der Waals surface area contributed by atoms with Crippen LogP contribution in [0.1, 0.15) is 23.7 Å². The molecule has 0 bridgehead atoms. The van der Waals surface area contributed by atoms with E-state index in [1.165, 1.54) is 0 Å². The summed E-state index contributed by atoms with van der Waals surface area (Å²) in [5.74, 6) is 1.80. The van der Waals surface area contributed by atoms with Gasteiger partial charge < -0.3 is 20.1 Å². The summed E-state index contributed by atoms with van der Waals surface area (Å²) in [6.45, 7) is 1.92. The maximum absolute atomic E-state index is 12.3. The van der Waals surface area contributed by atoms with Crippen LogP contribution in [0.4, 0.5) is 5.95 Å². The zero-order chi connectivity index (χ0) is 20.4. The molecule has 3 aromatic rings. The number of nitrogens with zero attached hydrogens (tertiary/aromatic N) is 2. The van der Waals surface area contributed by atoms with Crippen LogP contribution in [0.5, 0.6) is 11.5 Å². The number of hydrogen-bond donors (Lipinski definition) is 3. The molecule has 1 aromatic heterocycles. The van der Waals surface area contributed by atoms with Crippen molar-refractivity contribution in [3.05, 3.63) is 53.7 Å². The van der Waals surface area contributed by atoms with Crippen LogP contribution < -0.4 is 25.4 Å². The maximum atomic E-state index is 12.3. The highest BCUT2D eigenvalue weighted by Crippen LogP contribution is 2.27. The number of hydrogen-bond acceptors (Lipinski definition) is 7. The molecular weight excluding hydrogens is 370 g/mol. The van der Waals surface area contributed by atoms with Gasteiger partial charge in [-0.05, 0) is 30.7 Å². The van der Waals surface area contributed by atoms with E-state index in [0.29, 0.717) is 18.1 Å². The highest BCUT2D eigenvalue weighted by atomic mass is 16.5. The first kappa shape index (κ1) is 18.9. The van der Waals surface area contributed by atoms with E-state index >= 15 is 0 Å². The number of carbonyl (C=O) groups excluding carboxylic acids is 1. The van der Waals surface area contributed by atoms with Crippen molar-refractivity contribution in [2.45, 2.75) is 25.7 Å². The van der Waals surface area contributed by atoms with Crippen LogP contribution in [-0.4, -0.2) is 36.4 Å². The van der Waals surface area contributed by atoms with Gasteiger partial charge in [-0.15, -0.1) is 0 Å². The lowest BCUT2D eigenvalue weighted by Gasteiger charge is -2.32. The molecule has 1 saturated heterocycles. The van der Waals surface area contributed by atoms with Gasteiger partial charge in [-0.25, -0.2) is 9.97 Å². The SMILES string of the molecule is COc1ccc(C2CC(=O)NC(Nc3nc(C)c4cccc(OC)c4n3)N2)cc1. The van der Waals surface area contributed by atoms with Crippen LogP contribution in [0.3, 0.4) is 0 Å². The Bertz CT molecular complexity index is 1040. The van der Waals surface area contributed by atoms with E-state index in [-0.39, 0.29) is 11.9 Å². The molecule has 8 nitrogen and oxygen atoms in total. The number of benzene rings is 2. The lowest BCUT2D eigenvalue weighted by atomic mass is 10.0. The largest absolute Gasteiger partial charge is 0.497 e. The normalized spacial score (nSPS) is 18.9. The molecule has 0 saturated carbocycles. The minimum Gasteiger partial charge on any atom is -0.497 e. The van der Waals surface area contributed by atoms with Gasteiger partial charge >= 0.3 is 0 Å². The Hall–Kier alpha value is -3.39. The first-order valence-corrected chi connectivity index (χ1v) is 9.34. The van der Waals surface area contributed by atoms with E-state index < -0.39 is 6.29 Å². The smallest absolute Gasteiger partial charge is 0.226 e. The average Bonchev–Trinajstić information content (AvgIpc) is 2.73. The molecule has 8 heteroatoms. The zero-order valence-electron chi connectivity index (χ0n) is 16.5. The molecular formula is C21H23N5O3. The van der Waals surface area contributed by atoms with Crippen molar-refractivity contribution in [3.63, 3.8) is 0 Å². The first-order chi connectivity index (χ1) is 14.1. The summed E-state index contributed by atoms with van der Waals surface area (Å²) in [6.07, 6.45) is -0.162. The van der Waals surface area contributed by atoms with Crippen molar-refractivity contribution in [2.24, 2.45) is 0 Å². The van der Waals surface area contributed by atoms with E-state index in [1.807, 2.05) is 49.4 Å². The van der Waals surface area contributed by atoms with Crippen molar-refractivity contribution in [1.82, 2.24) is 20.6 Å². The van der Waals surface area contributed by atoms with E-state index in [4.69, 9.17) is 9.47 Å². The Labute approximate surface area is 168 Å². The molecule has 2 aromatic carbocycles. The average molecular weight is 393 g/mol. The Morgan fingerprint density at radius 1 is 1.07 bits per heavy atom. The number of ether oxygens (including phenoxy) is 2. The number of carbonyl (C=O) groups is 1. The predicted octanol–water partition coefficient (Wildman–Crippen LogP) is 2.50. The molecule has 29 heavy (non-hydrogen) atoms. The molecule has 2 unspecified atom stereocenters. The van der Waals surface area contributed by atoms with Crippen LogP contribution in [0.2, 0.25) is 0 Å². The second-order valence-corrected chi connectivity index (χ2v) is 6.83. The first-order valence-electron chi connectivity index (χ1n) is 9.34. The fraction of sp³-hybridized carbons (Fsp3) is 0.286.